The molecule has 1 aliphatic heterocycles. The van der Waals surface area contributed by atoms with Crippen LogP contribution in [0.1, 0.15) is 19.3 Å². The van der Waals surface area contributed by atoms with Gasteiger partial charge in [-0.25, -0.2) is 4.98 Å². The Labute approximate surface area is 113 Å². The molecule has 2 rings (SSSR count). The van der Waals surface area contributed by atoms with Gasteiger partial charge in [0.25, 0.3) is 5.91 Å². The zero-order valence-electron chi connectivity index (χ0n) is 11.0. The van der Waals surface area contributed by atoms with Crippen molar-refractivity contribution >= 4 is 11.7 Å². The molecule has 0 spiro atoms. The summed E-state index contributed by atoms with van der Waals surface area (Å²) in [4.78, 5) is 18.1. The minimum absolute atomic E-state index is 0.0639. The summed E-state index contributed by atoms with van der Waals surface area (Å²) in [6, 6.07) is 5.81. The number of carbonyl (C=O) groups is 1. The molecule has 0 radical (unpaired) electrons. The Morgan fingerprint density at radius 1 is 1.47 bits per heavy atom. The lowest BCUT2D eigenvalue weighted by molar-refractivity contribution is -0.122. The van der Waals surface area contributed by atoms with Gasteiger partial charge in [-0.05, 0) is 31.5 Å². The summed E-state index contributed by atoms with van der Waals surface area (Å²) in [7, 11) is 0. The molecular formula is C13H21N5O. The molecule has 1 aromatic rings. The highest BCUT2D eigenvalue weighted by atomic mass is 16.2. The summed E-state index contributed by atoms with van der Waals surface area (Å²) in [5, 5.41) is 0. The number of pyridine rings is 1. The fourth-order valence-corrected chi connectivity index (χ4v) is 2.33. The van der Waals surface area contributed by atoms with Gasteiger partial charge in [0.05, 0.1) is 6.54 Å². The number of hydrogen-bond acceptors (Lipinski definition) is 5. The third-order valence-electron chi connectivity index (χ3n) is 3.36. The van der Waals surface area contributed by atoms with Crippen LogP contribution < -0.4 is 16.6 Å². The van der Waals surface area contributed by atoms with Crippen LogP contribution >= 0.6 is 0 Å². The summed E-state index contributed by atoms with van der Waals surface area (Å²) >= 11 is 0. The molecule has 0 saturated carbocycles. The van der Waals surface area contributed by atoms with E-state index in [1.165, 1.54) is 6.42 Å². The number of carbonyl (C=O) groups excluding carboxylic acids is 1. The van der Waals surface area contributed by atoms with Gasteiger partial charge in [-0.2, -0.15) is 0 Å². The fourth-order valence-electron chi connectivity index (χ4n) is 2.33. The van der Waals surface area contributed by atoms with E-state index in [-0.39, 0.29) is 5.91 Å². The summed E-state index contributed by atoms with van der Waals surface area (Å²) < 4.78 is 0. The molecule has 0 aliphatic carbocycles. The van der Waals surface area contributed by atoms with E-state index in [9.17, 15) is 4.79 Å². The number of hydrogen-bond donors (Lipinski definition) is 3. The number of amides is 1. The molecule has 1 amide bonds. The topological polar surface area (TPSA) is 83.3 Å². The van der Waals surface area contributed by atoms with Gasteiger partial charge in [-0.15, -0.1) is 0 Å². The standard InChI is InChI=1S/C13H21N5O/c14-9-11-5-2-4-8-18(11)10-13(19)17-16-12-6-1-3-7-15-12/h1,3,6-7,11H,2,4-5,8-10,14H2,(H,15,16)(H,17,19). The normalized spacial score (nSPS) is 19.9. The van der Waals surface area contributed by atoms with Crippen LogP contribution in [0.4, 0.5) is 5.82 Å². The summed E-state index contributed by atoms with van der Waals surface area (Å²) in [6.45, 7) is 1.93. The van der Waals surface area contributed by atoms with Crippen molar-refractivity contribution < 1.29 is 4.79 Å². The lowest BCUT2D eigenvalue weighted by Gasteiger charge is -2.34. The summed E-state index contributed by atoms with van der Waals surface area (Å²) in [5.41, 5.74) is 11.2. The van der Waals surface area contributed by atoms with Gasteiger partial charge >= 0.3 is 0 Å². The molecule has 19 heavy (non-hydrogen) atoms. The first-order valence-corrected chi connectivity index (χ1v) is 6.69. The SMILES string of the molecule is NCC1CCCCN1CC(=O)NNc1ccccn1. The average molecular weight is 263 g/mol. The van der Waals surface area contributed by atoms with E-state index in [1.807, 2.05) is 12.1 Å². The van der Waals surface area contributed by atoms with Crippen molar-refractivity contribution in [2.24, 2.45) is 5.73 Å². The van der Waals surface area contributed by atoms with E-state index in [2.05, 4.69) is 20.7 Å². The maximum absolute atomic E-state index is 11.9. The van der Waals surface area contributed by atoms with Crippen molar-refractivity contribution in [1.82, 2.24) is 15.3 Å². The highest BCUT2D eigenvalue weighted by Crippen LogP contribution is 2.15. The lowest BCUT2D eigenvalue weighted by Crippen LogP contribution is -2.49. The van der Waals surface area contributed by atoms with Crippen LogP contribution in [0.5, 0.6) is 0 Å². The molecular weight excluding hydrogens is 242 g/mol. The van der Waals surface area contributed by atoms with Crippen molar-refractivity contribution in [3.05, 3.63) is 24.4 Å². The fraction of sp³-hybridized carbons (Fsp3) is 0.538. The summed E-state index contributed by atoms with van der Waals surface area (Å²) in [5.74, 6) is 0.566. The Kier molecular flexibility index (Phi) is 5.11. The molecule has 1 unspecified atom stereocenters. The second kappa shape index (κ2) is 7.06. The highest BCUT2D eigenvalue weighted by Gasteiger charge is 2.22. The van der Waals surface area contributed by atoms with Gasteiger partial charge in [0.1, 0.15) is 5.82 Å². The molecule has 1 fully saturated rings. The van der Waals surface area contributed by atoms with Crippen molar-refractivity contribution in [2.75, 3.05) is 25.1 Å². The number of nitrogens with zero attached hydrogens (tertiary/aromatic N) is 2. The first kappa shape index (κ1) is 13.8. The average Bonchev–Trinajstić information content (AvgIpc) is 2.47. The number of nitrogens with two attached hydrogens (primary N) is 1. The first-order chi connectivity index (χ1) is 9.29. The molecule has 104 valence electrons. The first-order valence-electron chi connectivity index (χ1n) is 6.69. The number of aromatic nitrogens is 1. The van der Waals surface area contributed by atoms with Gasteiger partial charge in [-0.3, -0.25) is 20.5 Å². The Bertz CT molecular complexity index is 397. The quantitative estimate of drug-likeness (QED) is 0.667. The third-order valence-corrected chi connectivity index (χ3v) is 3.36. The van der Waals surface area contributed by atoms with Gasteiger partial charge in [0, 0.05) is 18.8 Å². The number of piperidine rings is 1. The number of nitrogens with one attached hydrogen (secondary N) is 2. The predicted molar refractivity (Wildman–Crippen MR) is 74.3 cm³/mol. The van der Waals surface area contributed by atoms with E-state index >= 15 is 0 Å². The van der Waals surface area contributed by atoms with Crippen LogP contribution in [0, 0.1) is 0 Å². The Morgan fingerprint density at radius 2 is 2.37 bits per heavy atom. The second-order valence-corrected chi connectivity index (χ2v) is 4.74. The Morgan fingerprint density at radius 3 is 3.11 bits per heavy atom. The van der Waals surface area contributed by atoms with E-state index in [1.54, 1.807) is 12.3 Å². The predicted octanol–water partition coefficient (Wildman–Crippen LogP) is 0.338. The van der Waals surface area contributed by atoms with Crippen LogP contribution in [0.15, 0.2) is 24.4 Å². The van der Waals surface area contributed by atoms with Gasteiger partial charge in [0.2, 0.25) is 0 Å². The van der Waals surface area contributed by atoms with Crippen molar-refractivity contribution in [3.63, 3.8) is 0 Å². The zero-order chi connectivity index (χ0) is 13.5. The van der Waals surface area contributed by atoms with Crippen molar-refractivity contribution in [1.29, 1.82) is 0 Å². The van der Waals surface area contributed by atoms with Gasteiger partial charge in [-0.1, -0.05) is 12.5 Å². The number of hydrazine groups is 1. The number of rotatable bonds is 5. The van der Waals surface area contributed by atoms with Crippen LogP contribution in [-0.2, 0) is 4.79 Å². The van der Waals surface area contributed by atoms with E-state index in [4.69, 9.17) is 5.73 Å². The molecule has 4 N–H and O–H groups in total. The summed E-state index contributed by atoms with van der Waals surface area (Å²) in [6.07, 6.45) is 5.09. The molecule has 0 bridgehead atoms. The highest BCUT2D eigenvalue weighted by molar-refractivity contribution is 5.79. The van der Waals surface area contributed by atoms with Gasteiger partial charge < -0.3 is 5.73 Å². The molecule has 1 atom stereocenters. The smallest absolute Gasteiger partial charge is 0.252 e. The van der Waals surface area contributed by atoms with Crippen LogP contribution in [0.25, 0.3) is 0 Å². The van der Waals surface area contributed by atoms with Crippen LogP contribution in [0.2, 0.25) is 0 Å². The minimum atomic E-state index is -0.0639. The molecule has 1 aliphatic rings. The van der Waals surface area contributed by atoms with E-state index in [0.29, 0.717) is 24.9 Å². The molecule has 6 nitrogen and oxygen atoms in total. The molecule has 6 heteroatoms. The molecule has 1 saturated heterocycles. The molecule has 0 aromatic carbocycles. The van der Waals surface area contributed by atoms with E-state index in [0.717, 1.165) is 19.4 Å². The molecule has 2 heterocycles. The number of anilines is 1. The van der Waals surface area contributed by atoms with Crippen molar-refractivity contribution in [2.45, 2.75) is 25.3 Å². The largest absolute Gasteiger partial charge is 0.329 e. The minimum Gasteiger partial charge on any atom is -0.329 e. The Balaban J connectivity index is 1.77. The maximum atomic E-state index is 11.9. The second-order valence-electron chi connectivity index (χ2n) is 4.74. The lowest BCUT2D eigenvalue weighted by atomic mass is 10.0. The zero-order valence-corrected chi connectivity index (χ0v) is 11.0. The Hall–Kier alpha value is -1.66. The van der Waals surface area contributed by atoms with Crippen LogP contribution in [-0.4, -0.2) is 41.5 Å². The maximum Gasteiger partial charge on any atom is 0.252 e. The van der Waals surface area contributed by atoms with E-state index < -0.39 is 0 Å². The van der Waals surface area contributed by atoms with Gasteiger partial charge in [0.15, 0.2) is 0 Å². The van der Waals surface area contributed by atoms with Crippen molar-refractivity contribution in [3.8, 4) is 0 Å². The molecule has 1 aromatic heterocycles. The number of likely N-dealkylation sites (tertiary alicyclic amines) is 1. The monoisotopic (exact) mass is 263 g/mol. The van der Waals surface area contributed by atoms with Crippen LogP contribution in [0.3, 0.4) is 0 Å². The third kappa shape index (κ3) is 4.18.